The normalized spacial score (nSPS) is 10.8. The van der Waals surface area contributed by atoms with E-state index < -0.39 is 5.91 Å². The lowest BCUT2D eigenvalue weighted by molar-refractivity contribution is 0.100. The van der Waals surface area contributed by atoms with Crippen LogP contribution in [0.5, 0.6) is 11.5 Å². The Morgan fingerprint density at radius 1 is 0.962 bits per heavy atom. The zero-order valence-electron chi connectivity index (χ0n) is 14.2. The molecule has 0 bridgehead atoms. The second-order valence-corrected chi connectivity index (χ2v) is 6.12. The number of primary amides is 1. The number of benzene rings is 3. The maximum absolute atomic E-state index is 11.3. The third kappa shape index (κ3) is 3.15. The van der Waals surface area contributed by atoms with E-state index in [1.807, 2.05) is 55.5 Å². The number of aryl methyl sites for hydroxylation is 1. The van der Waals surface area contributed by atoms with Crippen LogP contribution in [0.3, 0.4) is 0 Å². The molecule has 4 aromatic rings. The fourth-order valence-electron chi connectivity index (χ4n) is 2.72. The second kappa shape index (κ2) is 6.37. The molecule has 0 fully saturated rings. The maximum atomic E-state index is 11.3. The van der Waals surface area contributed by atoms with Crippen molar-refractivity contribution in [2.75, 3.05) is 0 Å². The number of carbonyl (C=O) groups excluding carboxylic acids is 1. The maximum Gasteiger partial charge on any atom is 0.248 e. The van der Waals surface area contributed by atoms with Crippen molar-refractivity contribution >= 4 is 16.9 Å². The van der Waals surface area contributed by atoms with Crippen LogP contribution < -0.4 is 10.5 Å². The monoisotopic (exact) mass is 343 g/mol. The number of hydrogen-bond acceptors (Lipinski definition) is 3. The summed E-state index contributed by atoms with van der Waals surface area (Å²) < 4.78 is 5.84. The van der Waals surface area contributed by atoms with E-state index in [0.29, 0.717) is 5.56 Å². The van der Waals surface area contributed by atoms with Crippen LogP contribution in [0, 0.1) is 6.92 Å². The molecule has 5 heteroatoms. The summed E-state index contributed by atoms with van der Waals surface area (Å²) in [6.45, 7) is 2.04. The van der Waals surface area contributed by atoms with E-state index in [4.69, 9.17) is 10.5 Å². The average molecular weight is 343 g/mol. The number of H-pyrrole nitrogens is 1. The topological polar surface area (TPSA) is 81.0 Å². The fourth-order valence-corrected chi connectivity index (χ4v) is 2.72. The highest BCUT2D eigenvalue weighted by atomic mass is 16.5. The number of aromatic amines is 1. The molecule has 1 heterocycles. The number of nitrogens with two attached hydrogens (primary N) is 1. The van der Waals surface area contributed by atoms with Crippen molar-refractivity contribution in [2.45, 2.75) is 6.92 Å². The van der Waals surface area contributed by atoms with Gasteiger partial charge in [-0.25, -0.2) is 4.98 Å². The smallest absolute Gasteiger partial charge is 0.248 e. The van der Waals surface area contributed by atoms with Crippen molar-refractivity contribution in [2.24, 2.45) is 5.73 Å². The van der Waals surface area contributed by atoms with Gasteiger partial charge in [-0.1, -0.05) is 17.7 Å². The number of imidazole rings is 1. The average Bonchev–Trinajstić information content (AvgIpc) is 3.07. The number of fused-ring (bicyclic) bond motifs is 1. The number of ether oxygens (including phenoxy) is 1. The number of nitrogens with one attached hydrogen (secondary N) is 1. The lowest BCUT2D eigenvalue weighted by Crippen LogP contribution is -2.10. The van der Waals surface area contributed by atoms with Gasteiger partial charge in [0.15, 0.2) is 0 Å². The molecule has 0 aliphatic carbocycles. The Morgan fingerprint density at radius 2 is 1.62 bits per heavy atom. The van der Waals surface area contributed by atoms with E-state index in [1.165, 1.54) is 5.56 Å². The van der Waals surface area contributed by atoms with Crippen molar-refractivity contribution in [1.82, 2.24) is 9.97 Å². The van der Waals surface area contributed by atoms with E-state index in [1.54, 1.807) is 18.2 Å². The second-order valence-electron chi connectivity index (χ2n) is 6.12. The zero-order chi connectivity index (χ0) is 18.1. The number of aromatic nitrogens is 2. The van der Waals surface area contributed by atoms with E-state index in [0.717, 1.165) is 33.9 Å². The summed E-state index contributed by atoms with van der Waals surface area (Å²) in [7, 11) is 0. The molecule has 128 valence electrons. The molecule has 0 aliphatic rings. The summed E-state index contributed by atoms with van der Waals surface area (Å²) in [5, 5.41) is 0. The predicted molar refractivity (Wildman–Crippen MR) is 101 cm³/mol. The highest BCUT2D eigenvalue weighted by Gasteiger charge is 2.08. The minimum absolute atomic E-state index is 0.453. The van der Waals surface area contributed by atoms with Crippen LogP contribution in [0.1, 0.15) is 15.9 Å². The van der Waals surface area contributed by atoms with Gasteiger partial charge in [-0.05, 0) is 61.5 Å². The Morgan fingerprint density at radius 3 is 2.27 bits per heavy atom. The minimum Gasteiger partial charge on any atom is -0.457 e. The van der Waals surface area contributed by atoms with Crippen LogP contribution in [0.4, 0.5) is 0 Å². The summed E-state index contributed by atoms with van der Waals surface area (Å²) in [5.41, 5.74) is 9.45. The summed E-state index contributed by atoms with van der Waals surface area (Å²) >= 11 is 0. The molecule has 1 aromatic heterocycles. The molecule has 4 rings (SSSR count). The third-order valence-electron chi connectivity index (χ3n) is 4.15. The van der Waals surface area contributed by atoms with Crippen molar-refractivity contribution < 1.29 is 9.53 Å². The van der Waals surface area contributed by atoms with Gasteiger partial charge in [-0.3, -0.25) is 4.79 Å². The Kier molecular flexibility index (Phi) is 3.89. The predicted octanol–water partition coefficient (Wildman–Crippen LogP) is 4.43. The quantitative estimate of drug-likeness (QED) is 0.575. The largest absolute Gasteiger partial charge is 0.457 e. The first-order chi connectivity index (χ1) is 12.6. The molecule has 0 atom stereocenters. The van der Waals surface area contributed by atoms with Gasteiger partial charge in [-0.2, -0.15) is 0 Å². The minimum atomic E-state index is -0.458. The highest BCUT2D eigenvalue weighted by Crippen LogP contribution is 2.26. The summed E-state index contributed by atoms with van der Waals surface area (Å²) in [5.74, 6) is 1.82. The van der Waals surface area contributed by atoms with E-state index in [2.05, 4.69) is 9.97 Å². The molecule has 0 radical (unpaired) electrons. The molecular formula is C21H17N3O2. The van der Waals surface area contributed by atoms with Gasteiger partial charge in [0.2, 0.25) is 5.91 Å². The molecule has 0 aliphatic heterocycles. The van der Waals surface area contributed by atoms with Crippen LogP contribution >= 0.6 is 0 Å². The first-order valence-electron chi connectivity index (χ1n) is 8.23. The summed E-state index contributed by atoms with van der Waals surface area (Å²) in [4.78, 5) is 19.1. The van der Waals surface area contributed by atoms with Gasteiger partial charge in [0.1, 0.15) is 17.3 Å². The number of nitrogens with zero attached hydrogens (tertiary/aromatic N) is 1. The molecule has 3 N–H and O–H groups in total. The van der Waals surface area contributed by atoms with Crippen LogP contribution in [0.25, 0.3) is 22.4 Å². The van der Waals surface area contributed by atoms with Gasteiger partial charge >= 0.3 is 0 Å². The Hall–Kier alpha value is -3.60. The van der Waals surface area contributed by atoms with Gasteiger partial charge in [0.25, 0.3) is 0 Å². The third-order valence-corrected chi connectivity index (χ3v) is 4.15. The van der Waals surface area contributed by atoms with Crippen molar-refractivity contribution in [3.8, 4) is 22.9 Å². The molecule has 26 heavy (non-hydrogen) atoms. The Balaban J connectivity index is 1.59. The molecule has 3 aromatic carbocycles. The van der Waals surface area contributed by atoms with E-state index in [9.17, 15) is 4.79 Å². The van der Waals surface area contributed by atoms with Gasteiger partial charge in [-0.15, -0.1) is 0 Å². The van der Waals surface area contributed by atoms with E-state index in [-0.39, 0.29) is 0 Å². The van der Waals surface area contributed by atoms with Crippen LogP contribution in [0.15, 0.2) is 66.7 Å². The molecule has 0 saturated carbocycles. The van der Waals surface area contributed by atoms with Crippen molar-refractivity contribution in [1.29, 1.82) is 0 Å². The van der Waals surface area contributed by atoms with Gasteiger partial charge < -0.3 is 15.5 Å². The zero-order valence-corrected chi connectivity index (χ0v) is 14.2. The number of rotatable bonds is 4. The Labute approximate surface area is 150 Å². The van der Waals surface area contributed by atoms with Gasteiger partial charge in [0.05, 0.1) is 11.0 Å². The highest BCUT2D eigenvalue weighted by molar-refractivity contribution is 5.96. The van der Waals surface area contributed by atoms with Crippen LogP contribution in [0.2, 0.25) is 0 Å². The molecular weight excluding hydrogens is 326 g/mol. The van der Waals surface area contributed by atoms with E-state index >= 15 is 0 Å². The molecule has 0 spiro atoms. The first-order valence-corrected chi connectivity index (χ1v) is 8.23. The molecule has 5 nitrogen and oxygen atoms in total. The number of hydrogen-bond donors (Lipinski definition) is 2. The van der Waals surface area contributed by atoms with Crippen LogP contribution in [-0.2, 0) is 0 Å². The molecule has 0 unspecified atom stereocenters. The standard InChI is InChI=1S/C21H17N3O2/c1-13-2-7-16(8-3-13)26-17-9-4-14(5-10-17)21-23-18-11-6-15(20(22)25)12-19(18)24-21/h2-12H,1H3,(H2,22,25)(H,23,24). The fraction of sp³-hybridized carbons (Fsp3) is 0.0476. The summed E-state index contributed by atoms with van der Waals surface area (Å²) in [6.07, 6.45) is 0. The SMILES string of the molecule is Cc1ccc(Oc2ccc(-c3nc4ccc(C(N)=O)cc4[nH]3)cc2)cc1. The summed E-state index contributed by atoms with van der Waals surface area (Å²) in [6, 6.07) is 20.8. The van der Waals surface area contributed by atoms with Crippen molar-refractivity contribution in [3.63, 3.8) is 0 Å². The number of amides is 1. The van der Waals surface area contributed by atoms with Crippen molar-refractivity contribution in [3.05, 3.63) is 77.9 Å². The van der Waals surface area contributed by atoms with Crippen LogP contribution in [-0.4, -0.2) is 15.9 Å². The lowest BCUT2D eigenvalue weighted by atomic mass is 10.2. The molecule has 0 saturated heterocycles. The Bertz CT molecular complexity index is 1080. The number of carbonyl (C=O) groups is 1. The first kappa shape index (κ1) is 15.9. The molecule has 1 amide bonds. The lowest BCUT2D eigenvalue weighted by Gasteiger charge is -2.06. The van der Waals surface area contributed by atoms with Gasteiger partial charge in [0, 0.05) is 11.1 Å².